The molecular weight excluding hydrogens is 410 g/mol. The number of carbonyl (C=O) groups excluding carboxylic acids is 1. The van der Waals surface area contributed by atoms with Crippen molar-refractivity contribution in [1.29, 1.82) is 0 Å². The largest absolute Gasteiger partial charge is 0.382 e. The van der Waals surface area contributed by atoms with Crippen LogP contribution in [0.3, 0.4) is 0 Å². The van der Waals surface area contributed by atoms with E-state index in [4.69, 9.17) is 4.18 Å². The summed E-state index contributed by atoms with van der Waals surface area (Å²) in [6, 6.07) is 24.4. The molecule has 0 aromatic heterocycles. The molecule has 0 saturated heterocycles. The molecule has 3 aromatic carbocycles. The maximum absolute atomic E-state index is 13.2. The second-order valence-electron chi connectivity index (χ2n) is 7.55. The van der Waals surface area contributed by atoms with E-state index >= 15 is 0 Å². The van der Waals surface area contributed by atoms with Crippen molar-refractivity contribution in [3.05, 3.63) is 90.0 Å². The van der Waals surface area contributed by atoms with E-state index in [9.17, 15) is 13.2 Å². The number of amides is 1. The topological polar surface area (TPSA) is 63.7 Å². The highest BCUT2D eigenvalue weighted by Gasteiger charge is 2.20. The van der Waals surface area contributed by atoms with Crippen LogP contribution in [-0.2, 0) is 16.7 Å². The predicted octanol–water partition coefficient (Wildman–Crippen LogP) is 5.13. The standard InChI is InChI=1S/C25H27NO4S/c1-4-31(28,29)30-24-12-8-9-20(17-24)18-26(19(2)3)25(27)23-15-13-22(14-16-23)21-10-6-5-7-11-21/h5-17,19H,4,18H2,1-3H3. The molecule has 0 unspecified atom stereocenters. The Hall–Kier alpha value is -3.12. The van der Waals surface area contributed by atoms with Gasteiger partial charge >= 0.3 is 10.1 Å². The van der Waals surface area contributed by atoms with Gasteiger partial charge in [-0.05, 0) is 61.7 Å². The van der Waals surface area contributed by atoms with Crippen LogP contribution in [0.2, 0.25) is 0 Å². The first-order valence-electron chi connectivity index (χ1n) is 10.3. The first-order chi connectivity index (χ1) is 14.8. The van der Waals surface area contributed by atoms with Crippen LogP contribution in [0, 0.1) is 0 Å². The minimum absolute atomic E-state index is 0.0368. The molecular formula is C25H27NO4S. The lowest BCUT2D eigenvalue weighted by Crippen LogP contribution is -2.36. The van der Waals surface area contributed by atoms with Crippen LogP contribution in [0.15, 0.2) is 78.9 Å². The quantitative estimate of drug-likeness (QED) is 0.458. The Morgan fingerprint density at radius 3 is 2.16 bits per heavy atom. The monoisotopic (exact) mass is 437 g/mol. The third-order valence-electron chi connectivity index (χ3n) is 4.95. The van der Waals surface area contributed by atoms with Gasteiger partial charge in [-0.3, -0.25) is 4.79 Å². The lowest BCUT2D eigenvalue weighted by Gasteiger charge is -2.27. The minimum atomic E-state index is -3.60. The zero-order valence-corrected chi connectivity index (χ0v) is 18.8. The van der Waals surface area contributed by atoms with E-state index in [-0.39, 0.29) is 23.5 Å². The van der Waals surface area contributed by atoms with Crippen LogP contribution in [-0.4, -0.2) is 31.0 Å². The number of nitrogens with zero attached hydrogens (tertiary/aromatic N) is 1. The van der Waals surface area contributed by atoms with Crippen molar-refractivity contribution >= 4 is 16.0 Å². The lowest BCUT2D eigenvalue weighted by molar-refractivity contribution is 0.0690. The van der Waals surface area contributed by atoms with E-state index in [1.165, 1.54) is 6.92 Å². The van der Waals surface area contributed by atoms with Gasteiger partial charge in [-0.15, -0.1) is 0 Å². The van der Waals surface area contributed by atoms with Gasteiger partial charge in [0, 0.05) is 18.2 Å². The molecule has 5 nitrogen and oxygen atoms in total. The van der Waals surface area contributed by atoms with Crippen molar-refractivity contribution in [2.75, 3.05) is 5.75 Å². The van der Waals surface area contributed by atoms with E-state index in [2.05, 4.69) is 0 Å². The third-order valence-corrected chi connectivity index (χ3v) is 6.10. The van der Waals surface area contributed by atoms with Gasteiger partial charge in [0.15, 0.2) is 0 Å². The summed E-state index contributed by atoms with van der Waals surface area (Å²) in [5.74, 6) is 0.0668. The summed E-state index contributed by atoms with van der Waals surface area (Å²) >= 11 is 0. The van der Waals surface area contributed by atoms with Crippen LogP contribution < -0.4 is 4.18 Å². The molecule has 0 radical (unpaired) electrons. The molecule has 0 atom stereocenters. The van der Waals surface area contributed by atoms with Gasteiger partial charge in [0.1, 0.15) is 5.75 Å². The first-order valence-corrected chi connectivity index (χ1v) is 11.8. The maximum atomic E-state index is 13.2. The average molecular weight is 438 g/mol. The highest BCUT2D eigenvalue weighted by molar-refractivity contribution is 7.87. The molecule has 3 rings (SSSR count). The molecule has 0 aliphatic carbocycles. The van der Waals surface area contributed by atoms with Crippen LogP contribution >= 0.6 is 0 Å². The van der Waals surface area contributed by atoms with Crippen molar-refractivity contribution in [1.82, 2.24) is 4.90 Å². The fraction of sp³-hybridized carbons (Fsp3) is 0.240. The highest BCUT2D eigenvalue weighted by atomic mass is 32.2. The van der Waals surface area contributed by atoms with Gasteiger partial charge in [0.2, 0.25) is 0 Å². The Morgan fingerprint density at radius 1 is 0.903 bits per heavy atom. The number of carbonyl (C=O) groups is 1. The summed E-state index contributed by atoms with van der Waals surface area (Å²) in [5, 5.41) is 0. The molecule has 0 aliphatic rings. The van der Waals surface area contributed by atoms with Crippen LogP contribution in [0.25, 0.3) is 11.1 Å². The number of benzene rings is 3. The fourth-order valence-corrected chi connectivity index (χ4v) is 3.70. The summed E-state index contributed by atoms with van der Waals surface area (Å²) in [4.78, 5) is 15.0. The molecule has 0 bridgehead atoms. The van der Waals surface area contributed by atoms with Gasteiger partial charge in [0.25, 0.3) is 5.91 Å². The van der Waals surface area contributed by atoms with Crippen molar-refractivity contribution in [2.24, 2.45) is 0 Å². The average Bonchev–Trinajstić information content (AvgIpc) is 2.77. The molecule has 0 N–H and O–H groups in total. The van der Waals surface area contributed by atoms with E-state index in [1.54, 1.807) is 23.1 Å². The van der Waals surface area contributed by atoms with Gasteiger partial charge in [-0.1, -0.05) is 54.6 Å². The Kier molecular flexibility index (Phi) is 7.13. The molecule has 0 saturated carbocycles. The van der Waals surface area contributed by atoms with E-state index in [0.717, 1.165) is 16.7 Å². The van der Waals surface area contributed by atoms with E-state index in [0.29, 0.717) is 12.1 Å². The van der Waals surface area contributed by atoms with Crippen molar-refractivity contribution in [3.8, 4) is 16.9 Å². The molecule has 1 amide bonds. The number of hydrogen-bond acceptors (Lipinski definition) is 4. The van der Waals surface area contributed by atoms with Crippen molar-refractivity contribution in [2.45, 2.75) is 33.4 Å². The number of rotatable bonds is 8. The Bertz CT molecular complexity index is 1120. The fourth-order valence-electron chi connectivity index (χ4n) is 3.19. The molecule has 0 aliphatic heterocycles. The minimum Gasteiger partial charge on any atom is -0.382 e. The summed E-state index contributed by atoms with van der Waals surface area (Å²) < 4.78 is 28.6. The molecule has 0 spiro atoms. The Balaban J connectivity index is 1.79. The SMILES string of the molecule is CCS(=O)(=O)Oc1cccc(CN(C(=O)c2ccc(-c3ccccc3)cc2)C(C)C)c1. The van der Waals surface area contributed by atoms with Crippen LogP contribution in [0.1, 0.15) is 36.7 Å². The molecule has 0 heterocycles. The van der Waals surface area contributed by atoms with E-state index < -0.39 is 10.1 Å². The Morgan fingerprint density at radius 2 is 1.55 bits per heavy atom. The molecule has 162 valence electrons. The van der Waals surface area contributed by atoms with Gasteiger partial charge < -0.3 is 9.08 Å². The smallest absolute Gasteiger partial charge is 0.308 e. The zero-order valence-electron chi connectivity index (χ0n) is 18.0. The summed E-state index contributed by atoms with van der Waals surface area (Å²) in [7, 11) is -3.60. The first kappa shape index (κ1) is 22.6. The molecule has 3 aromatic rings. The Labute approximate surface area is 184 Å². The van der Waals surface area contributed by atoms with E-state index in [1.807, 2.05) is 74.5 Å². The lowest BCUT2D eigenvalue weighted by atomic mass is 10.0. The second kappa shape index (κ2) is 9.79. The van der Waals surface area contributed by atoms with Crippen LogP contribution in [0.5, 0.6) is 5.75 Å². The van der Waals surface area contributed by atoms with Gasteiger partial charge in [-0.2, -0.15) is 8.42 Å². The third kappa shape index (κ3) is 5.95. The van der Waals surface area contributed by atoms with Gasteiger partial charge in [0.05, 0.1) is 5.75 Å². The second-order valence-corrected chi connectivity index (χ2v) is 9.41. The number of hydrogen-bond donors (Lipinski definition) is 0. The highest BCUT2D eigenvalue weighted by Crippen LogP contribution is 2.22. The molecule has 31 heavy (non-hydrogen) atoms. The zero-order chi connectivity index (χ0) is 22.4. The molecule has 0 fully saturated rings. The summed E-state index contributed by atoms with van der Waals surface area (Å²) in [5.41, 5.74) is 3.55. The summed E-state index contributed by atoms with van der Waals surface area (Å²) in [6.07, 6.45) is 0. The van der Waals surface area contributed by atoms with Crippen LogP contribution in [0.4, 0.5) is 0 Å². The maximum Gasteiger partial charge on any atom is 0.308 e. The van der Waals surface area contributed by atoms with Gasteiger partial charge in [-0.25, -0.2) is 0 Å². The van der Waals surface area contributed by atoms with Crippen molar-refractivity contribution < 1.29 is 17.4 Å². The summed E-state index contributed by atoms with van der Waals surface area (Å²) in [6.45, 7) is 5.79. The normalized spacial score (nSPS) is 11.4. The predicted molar refractivity (Wildman–Crippen MR) is 123 cm³/mol. The molecule has 6 heteroatoms. The van der Waals surface area contributed by atoms with Crippen molar-refractivity contribution in [3.63, 3.8) is 0 Å².